The Bertz CT molecular complexity index is 1100. The highest BCUT2D eigenvalue weighted by Gasteiger charge is 2.38. The van der Waals surface area contributed by atoms with Crippen LogP contribution in [0.5, 0.6) is 0 Å². The number of aromatic amines is 2. The number of hydrogen-bond acceptors (Lipinski definition) is 5. The fraction of sp³-hybridized carbons (Fsp3) is 0.567. The zero-order valence-electron chi connectivity index (χ0n) is 23.2. The summed E-state index contributed by atoms with van der Waals surface area (Å²) >= 11 is 0. The number of benzene rings is 1. The van der Waals surface area contributed by atoms with Crippen molar-refractivity contribution in [3.63, 3.8) is 0 Å². The van der Waals surface area contributed by atoms with E-state index >= 15 is 0 Å². The first-order chi connectivity index (χ1) is 18.3. The second-order valence-electron chi connectivity index (χ2n) is 12.6. The third-order valence-electron chi connectivity index (χ3n) is 8.04. The number of carbonyl (C=O) groups excluding carboxylic acids is 1. The van der Waals surface area contributed by atoms with Gasteiger partial charge in [0.25, 0.3) is 5.91 Å². The van der Waals surface area contributed by atoms with Crippen LogP contribution in [0.2, 0.25) is 0 Å². The minimum atomic E-state index is -0.0247. The smallest absolute Gasteiger partial charge is 0.254 e. The van der Waals surface area contributed by atoms with Crippen LogP contribution in [0, 0.1) is 10.8 Å². The van der Waals surface area contributed by atoms with Crippen molar-refractivity contribution in [1.82, 2.24) is 34.6 Å². The topological polar surface area (TPSA) is 84.2 Å². The number of nitrogens with one attached hydrogen (secondary N) is 2. The molecule has 0 aliphatic carbocycles. The number of imidazole rings is 2. The van der Waals surface area contributed by atoms with Crippen LogP contribution in [-0.2, 0) is 19.6 Å². The first-order valence-corrected chi connectivity index (χ1v) is 14.1. The van der Waals surface area contributed by atoms with E-state index in [9.17, 15) is 4.79 Å². The fourth-order valence-corrected chi connectivity index (χ4v) is 6.23. The van der Waals surface area contributed by atoms with Gasteiger partial charge in [-0.1, -0.05) is 32.9 Å². The van der Waals surface area contributed by atoms with Crippen molar-refractivity contribution in [2.75, 3.05) is 32.7 Å². The lowest BCUT2D eigenvalue weighted by Gasteiger charge is -2.48. The maximum atomic E-state index is 13.4. The van der Waals surface area contributed by atoms with E-state index in [1.54, 1.807) is 29.7 Å². The van der Waals surface area contributed by atoms with Gasteiger partial charge in [-0.2, -0.15) is 0 Å². The van der Waals surface area contributed by atoms with E-state index in [2.05, 4.69) is 62.6 Å². The van der Waals surface area contributed by atoms with Gasteiger partial charge in [0, 0.05) is 50.0 Å². The normalized spacial score (nSPS) is 18.6. The maximum absolute atomic E-state index is 13.4. The number of likely N-dealkylation sites (tertiary alicyclic amines) is 2. The van der Waals surface area contributed by atoms with E-state index in [1.165, 1.54) is 57.4 Å². The zero-order valence-corrected chi connectivity index (χ0v) is 23.2. The van der Waals surface area contributed by atoms with E-state index < -0.39 is 0 Å². The molecule has 1 aromatic carbocycles. The van der Waals surface area contributed by atoms with Crippen molar-refractivity contribution in [3.05, 3.63) is 71.8 Å². The summed E-state index contributed by atoms with van der Waals surface area (Å²) in [5, 5.41) is 0. The van der Waals surface area contributed by atoms with Crippen LogP contribution in [-0.4, -0.2) is 73.3 Å². The Morgan fingerprint density at radius 2 is 1.55 bits per heavy atom. The Morgan fingerprint density at radius 3 is 2.11 bits per heavy atom. The van der Waals surface area contributed by atoms with Crippen LogP contribution in [0.4, 0.5) is 0 Å². The summed E-state index contributed by atoms with van der Waals surface area (Å²) < 4.78 is 0. The number of amides is 1. The van der Waals surface area contributed by atoms with Gasteiger partial charge < -0.3 is 19.8 Å². The number of H-pyrrole nitrogens is 2. The molecule has 1 spiro atoms. The van der Waals surface area contributed by atoms with Gasteiger partial charge in [0.15, 0.2) is 0 Å². The number of piperidine rings is 2. The largest absolute Gasteiger partial charge is 0.347 e. The summed E-state index contributed by atoms with van der Waals surface area (Å²) in [4.78, 5) is 35.3. The quantitative estimate of drug-likeness (QED) is 0.453. The molecule has 5 rings (SSSR count). The van der Waals surface area contributed by atoms with Crippen LogP contribution >= 0.6 is 0 Å². The Hall–Kier alpha value is -2.97. The van der Waals surface area contributed by atoms with E-state index in [4.69, 9.17) is 0 Å². The van der Waals surface area contributed by atoms with Crippen molar-refractivity contribution < 1.29 is 4.79 Å². The Labute approximate surface area is 226 Å². The lowest BCUT2D eigenvalue weighted by Crippen LogP contribution is -2.50. The first-order valence-electron chi connectivity index (χ1n) is 14.1. The lowest BCUT2D eigenvalue weighted by atomic mass is 9.72. The van der Waals surface area contributed by atoms with Crippen molar-refractivity contribution in [1.29, 1.82) is 0 Å². The molecule has 2 aromatic heterocycles. The maximum Gasteiger partial charge on any atom is 0.254 e. The fourth-order valence-electron chi connectivity index (χ4n) is 6.23. The molecule has 1 amide bonds. The molecule has 0 unspecified atom stereocenters. The third kappa shape index (κ3) is 6.91. The summed E-state index contributed by atoms with van der Waals surface area (Å²) in [6.07, 6.45) is 12.2. The predicted molar refractivity (Wildman–Crippen MR) is 149 cm³/mol. The summed E-state index contributed by atoms with van der Waals surface area (Å²) in [5.41, 5.74) is 2.80. The van der Waals surface area contributed by atoms with Crippen molar-refractivity contribution in [3.8, 4) is 0 Å². The molecule has 2 N–H and O–H groups in total. The van der Waals surface area contributed by atoms with Gasteiger partial charge in [-0.3, -0.25) is 9.69 Å². The average Bonchev–Trinajstić information content (AvgIpc) is 3.59. The molecule has 204 valence electrons. The number of rotatable bonds is 8. The monoisotopic (exact) mass is 517 g/mol. The van der Waals surface area contributed by atoms with Crippen LogP contribution in [0.3, 0.4) is 0 Å². The Morgan fingerprint density at radius 1 is 0.921 bits per heavy atom. The van der Waals surface area contributed by atoms with Crippen molar-refractivity contribution in [2.45, 2.75) is 66.1 Å². The van der Waals surface area contributed by atoms with Crippen LogP contribution < -0.4 is 0 Å². The van der Waals surface area contributed by atoms with Gasteiger partial charge in [-0.05, 0) is 73.8 Å². The highest BCUT2D eigenvalue weighted by atomic mass is 16.2. The molecule has 0 radical (unpaired) electrons. The molecule has 38 heavy (non-hydrogen) atoms. The average molecular weight is 518 g/mol. The zero-order chi connectivity index (χ0) is 26.6. The third-order valence-corrected chi connectivity index (χ3v) is 8.04. The van der Waals surface area contributed by atoms with E-state index in [0.29, 0.717) is 29.5 Å². The molecular weight excluding hydrogens is 474 g/mol. The standard InChI is InChI=1S/C30H43N7O/c1-29(2,3)22-35-17-10-30(11-18-35)9-4-16-36(23-30)19-24-5-7-25(8-6-24)28(38)37(20-26-31-12-13-32-26)21-27-33-14-15-34-27/h5-8,12-15H,4,9-11,16-23H2,1-3H3,(H,31,32)(H,33,34). The molecule has 8 nitrogen and oxygen atoms in total. The Kier molecular flexibility index (Phi) is 8.00. The van der Waals surface area contributed by atoms with Crippen LogP contribution in [0.15, 0.2) is 49.1 Å². The number of carbonyl (C=O) groups is 1. The molecule has 0 bridgehead atoms. The Balaban J connectivity index is 1.19. The lowest BCUT2D eigenvalue weighted by molar-refractivity contribution is 0.0124. The molecule has 0 saturated carbocycles. The van der Waals surface area contributed by atoms with Crippen molar-refractivity contribution in [2.24, 2.45) is 10.8 Å². The molecular formula is C30H43N7O. The summed E-state index contributed by atoms with van der Waals surface area (Å²) in [5.74, 6) is 1.48. The van der Waals surface area contributed by atoms with Gasteiger partial charge in [0.05, 0.1) is 13.1 Å². The minimum Gasteiger partial charge on any atom is -0.347 e. The van der Waals surface area contributed by atoms with E-state index in [1.807, 2.05) is 12.1 Å². The second kappa shape index (κ2) is 11.4. The molecule has 4 heterocycles. The van der Waals surface area contributed by atoms with Crippen molar-refractivity contribution >= 4 is 5.91 Å². The van der Waals surface area contributed by atoms with Gasteiger partial charge in [0.1, 0.15) is 11.6 Å². The summed E-state index contributed by atoms with van der Waals surface area (Å²) in [6.45, 7) is 14.8. The van der Waals surface area contributed by atoms with Crippen LogP contribution in [0.25, 0.3) is 0 Å². The summed E-state index contributed by atoms with van der Waals surface area (Å²) in [6, 6.07) is 8.19. The van der Waals surface area contributed by atoms with Gasteiger partial charge in [-0.15, -0.1) is 0 Å². The number of aromatic nitrogens is 4. The molecule has 2 aliphatic rings. The van der Waals surface area contributed by atoms with Crippen LogP contribution in [0.1, 0.15) is 74.0 Å². The number of hydrogen-bond donors (Lipinski definition) is 2. The van der Waals surface area contributed by atoms with Gasteiger partial charge >= 0.3 is 0 Å². The highest BCUT2D eigenvalue weighted by molar-refractivity contribution is 5.94. The van der Waals surface area contributed by atoms with Gasteiger partial charge in [-0.25, -0.2) is 9.97 Å². The molecule has 0 atom stereocenters. The minimum absolute atomic E-state index is 0.0247. The number of nitrogens with zero attached hydrogens (tertiary/aromatic N) is 5. The van der Waals surface area contributed by atoms with E-state index in [-0.39, 0.29) is 5.91 Å². The highest BCUT2D eigenvalue weighted by Crippen LogP contribution is 2.40. The second-order valence-corrected chi connectivity index (χ2v) is 12.6. The summed E-state index contributed by atoms with van der Waals surface area (Å²) in [7, 11) is 0. The first kappa shape index (κ1) is 26.6. The SMILES string of the molecule is CC(C)(C)CN1CCC2(CCCN(Cc3ccc(C(=O)N(Cc4ncc[nH]4)Cc4ncc[nH]4)cc3)C2)CC1. The van der Waals surface area contributed by atoms with E-state index in [0.717, 1.165) is 24.7 Å². The molecule has 2 aliphatic heterocycles. The predicted octanol–water partition coefficient (Wildman–Crippen LogP) is 4.70. The molecule has 3 aromatic rings. The van der Waals surface area contributed by atoms with Gasteiger partial charge in [0.2, 0.25) is 0 Å². The molecule has 2 fully saturated rings. The molecule has 2 saturated heterocycles. The molecule has 8 heteroatoms.